The van der Waals surface area contributed by atoms with Crippen LogP contribution < -0.4 is 10.9 Å². The lowest BCUT2D eigenvalue weighted by molar-refractivity contribution is 0.0954. The van der Waals surface area contributed by atoms with Gasteiger partial charge in [-0.15, -0.1) is 0 Å². The van der Waals surface area contributed by atoms with Crippen LogP contribution in [0.25, 0.3) is 0 Å². The molecule has 0 bridgehead atoms. The minimum atomic E-state index is -0.373. The van der Waals surface area contributed by atoms with Gasteiger partial charge in [0.2, 0.25) is 0 Å². The van der Waals surface area contributed by atoms with E-state index in [1.165, 1.54) is 17.2 Å². The third-order valence-electron chi connectivity index (χ3n) is 4.71. The van der Waals surface area contributed by atoms with E-state index in [1.807, 2.05) is 36.4 Å². The van der Waals surface area contributed by atoms with Crippen molar-refractivity contribution < 1.29 is 9.59 Å². The molecule has 0 aromatic heterocycles. The molecule has 0 aliphatic rings. The first-order valence-electron chi connectivity index (χ1n) is 10.5. The number of nitrogens with zero attached hydrogens (tertiary/aromatic N) is 2. The Bertz CT molecular complexity index is 981. The second kappa shape index (κ2) is 12.6. The number of carbonyl (C=O) groups excluding carboxylic acids is 2. The van der Waals surface area contributed by atoms with Crippen molar-refractivity contribution in [3.8, 4) is 0 Å². The van der Waals surface area contributed by atoms with Crippen LogP contribution in [0.3, 0.4) is 0 Å². The fourth-order valence-electron chi connectivity index (χ4n) is 3.02. The van der Waals surface area contributed by atoms with Crippen LogP contribution >= 0.6 is 0 Å². The molecule has 0 unspecified atom stereocenters. The van der Waals surface area contributed by atoms with Gasteiger partial charge in [0.05, 0.1) is 0 Å². The molecular formula is C26H26N4O2. The SMILES string of the molecule is O=C(N/N=C/CCc1ccccc1)c1cccc(C(=O)N/N=C/CCc2ccccc2)c1. The standard InChI is InChI=1S/C26H26N4O2/c31-25(29-27-18-8-14-21-10-3-1-4-11-21)23-16-7-17-24(20-23)26(32)30-28-19-9-15-22-12-5-2-6-13-22/h1-7,10-13,16-20H,8-9,14-15H2,(H,29,31)(H,30,32)/b27-18+,28-19+. The molecule has 0 radical (unpaired) electrons. The number of nitrogens with one attached hydrogen (secondary N) is 2. The first-order valence-corrected chi connectivity index (χ1v) is 10.5. The van der Waals surface area contributed by atoms with Gasteiger partial charge in [-0.1, -0.05) is 66.7 Å². The highest BCUT2D eigenvalue weighted by Gasteiger charge is 2.09. The molecule has 3 rings (SSSR count). The van der Waals surface area contributed by atoms with Gasteiger partial charge in [0.1, 0.15) is 0 Å². The molecule has 6 nitrogen and oxygen atoms in total. The Morgan fingerprint density at radius 3 is 1.50 bits per heavy atom. The number of hydrogen-bond donors (Lipinski definition) is 2. The Kier molecular flexibility index (Phi) is 8.90. The molecule has 3 aromatic carbocycles. The molecule has 0 saturated carbocycles. The van der Waals surface area contributed by atoms with E-state index in [0.717, 1.165) is 25.7 Å². The van der Waals surface area contributed by atoms with Gasteiger partial charge in [-0.2, -0.15) is 10.2 Å². The molecule has 0 heterocycles. The maximum absolute atomic E-state index is 12.3. The Morgan fingerprint density at radius 2 is 1.06 bits per heavy atom. The summed E-state index contributed by atoms with van der Waals surface area (Å²) in [6, 6.07) is 26.6. The van der Waals surface area contributed by atoms with E-state index >= 15 is 0 Å². The number of rotatable bonds is 10. The van der Waals surface area contributed by atoms with Crippen molar-refractivity contribution in [2.24, 2.45) is 10.2 Å². The van der Waals surface area contributed by atoms with E-state index in [-0.39, 0.29) is 11.8 Å². The topological polar surface area (TPSA) is 82.9 Å². The van der Waals surface area contributed by atoms with E-state index in [9.17, 15) is 9.59 Å². The summed E-state index contributed by atoms with van der Waals surface area (Å²) in [5.41, 5.74) is 8.13. The largest absolute Gasteiger partial charge is 0.271 e. The molecule has 0 aliphatic carbocycles. The number of hydrazone groups is 2. The van der Waals surface area contributed by atoms with E-state index in [1.54, 1.807) is 30.6 Å². The first kappa shape index (κ1) is 22.6. The van der Waals surface area contributed by atoms with Gasteiger partial charge in [0.15, 0.2) is 0 Å². The highest BCUT2D eigenvalue weighted by molar-refractivity contribution is 5.99. The highest BCUT2D eigenvalue weighted by Crippen LogP contribution is 2.06. The maximum Gasteiger partial charge on any atom is 0.271 e. The Morgan fingerprint density at radius 1 is 0.625 bits per heavy atom. The van der Waals surface area contributed by atoms with E-state index < -0.39 is 0 Å². The molecule has 32 heavy (non-hydrogen) atoms. The molecule has 0 fully saturated rings. The van der Waals surface area contributed by atoms with Crippen LogP contribution in [0.5, 0.6) is 0 Å². The van der Waals surface area contributed by atoms with Crippen LogP contribution in [0, 0.1) is 0 Å². The van der Waals surface area contributed by atoms with Gasteiger partial charge >= 0.3 is 0 Å². The van der Waals surface area contributed by atoms with Gasteiger partial charge in [-0.05, 0) is 55.0 Å². The van der Waals surface area contributed by atoms with Crippen molar-refractivity contribution in [2.75, 3.05) is 0 Å². The van der Waals surface area contributed by atoms with E-state index in [0.29, 0.717) is 11.1 Å². The van der Waals surface area contributed by atoms with Crippen LogP contribution in [0.1, 0.15) is 44.7 Å². The summed E-state index contributed by atoms with van der Waals surface area (Å²) in [5.74, 6) is -0.746. The molecule has 0 aliphatic heterocycles. The van der Waals surface area contributed by atoms with Crippen molar-refractivity contribution in [2.45, 2.75) is 25.7 Å². The summed E-state index contributed by atoms with van der Waals surface area (Å²) in [6.45, 7) is 0. The molecule has 162 valence electrons. The van der Waals surface area contributed by atoms with Gasteiger partial charge < -0.3 is 0 Å². The van der Waals surface area contributed by atoms with E-state index in [2.05, 4.69) is 45.3 Å². The quantitative estimate of drug-likeness (QED) is 0.372. The molecule has 0 atom stereocenters. The third kappa shape index (κ3) is 7.65. The Balaban J connectivity index is 1.43. The third-order valence-corrected chi connectivity index (χ3v) is 4.71. The van der Waals surface area contributed by atoms with Crippen LogP contribution in [0.15, 0.2) is 95.1 Å². The zero-order valence-electron chi connectivity index (χ0n) is 17.8. The Labute approximate surface area is 188 Å². The molecule has 6 heteroatoms. The zero-order chi connectivity index (χ0) is 22.4. The normalized spacial score (nSPS) is 11.0. The molecule has 0 saturated heterocycles. The average molecular weight is 427 g/mol. The molecular weight excluding hydrogens is 400 g/mol. The van der Waals surface area contributed by atoms with Crippen molar-refractivity contribution in [3.05, 3.63) is 107 Å². The van der Waals surface area contributed by atoms with Crippen molar-refractivity contribution in [3.63, 3.8) is 0 Å². The van der Waals surface area contributed by atoms with Crippen LogP contribution in [-0.4, -0.2) is 24.2 Å². The fourth-order valence-corrected chi connectivity index (χ4v) is 3.02. The molecule has 0 spiro atoms. The minimum absolute atomic E-state index is 0.353. The number of benzene rings is 3. The lowest BCUT2D eigenvalue weighted by Gasteiger charge is -2.04. The zero-order valence-corrected chi connectivity index (χ0v) is 17.8. The lowest BCUT2D eigenvalue weighted by atomic mass is 10.1. The van der Waals surface area contributed by atoms with Gasteiger partial charge in [0, 0.05) is 23.6 Å². The minimum Gasteiger partial charge on any atom is -0.267 e. The van der Waals surface area contributed by atoms with Crippen molar-refractivity contribution in [1.29, 1.82) is 0 Å². The first-order chi connectivity index (χ1) is 15.7. The average Bonchev–Trinajstić information content (AvgIpc) is 2.84. The molecule has 2 N–H and O–H groups in total. The summed E-state index contributed by atoms with van der Waals surface area (Å²) < 4.78 is 0. The fraction of sp³-hybridized carbons (Fsp3) is 0.154. The second-order valence-corrected chi connectivity index (χ2v) is 7.13. The monoisotopic (exact) mass is 426 g/mol. The predicted octanol–water partition coefficient (Wildman–Crippen LogP) is 4.38. The summed E-state index contributed by atoms with van der Waals surface area (Å²) in [7, 11) is 0. The van der Waals surface area contributed by atoms with Crippen molar-refractivity contribution in [1.82, 2.24) is 10.9 Å². The number of hydrogen-bond acceptors (Lipinski definition) is 4. The summed E-state index contributed by atoms with van der Waals surface area (Å²) in [6.07, 6.45) is 6.48. The van der Waals surface area contributed by atoms with Gasteiger partial charge in [-0.25, -0.2) is 10.9 Å². The van der Waals surface area contributed by atoms with Gasteiger partial charge in [0.25, 0.3) is 11.8 Å². The van der Waals surface area contributed by atoms with E-state index in [4.69, 9.17) is 0 Å². The number of aryl methyl sites for hydroxylation is 2. The predicted molar refractivity (Wildman–Crippen MR) is 128 cm³/mol. The highest BCUT2D eigenvalue weighted by atomic mass is 16.2. The van der Waals surface area contributed by atoms with Crippen LogP contribution in [0.2, 0.25) is 0 Å². The number of carbonyl (C=O) groups is 2. The Hall–Kier alpha value is -4.06. The number of amides is 2. The van der Waals surface area contributed by atoms with Crippen LogP contribution in [-0.2, 0) is 12.8 Å². The van der Waals surface area contributed by atoms with Crippen molar-refractivity contribution >= 4 is 24.2 Å². The molecule has 2 amide bonds. The van der Waals surface area contributed by atoms with Crippen LogP contribution in [0.4, 0.5) is 0 Å². The second-order valence-electron chi connectivity index (χ2n) is 7.13. The summed E-state index contributed by atoms with van der Waals surface area (Å²) in [4.78, 5) is 24.6. The smallest absolute Gasteiger partial charge is 0.267 e. The molecule has 3 aromatic rings. The lowest BCUT2D eigenvalue weighted by Crippen LogP contribution is -2.20. The summed E-state index contributed by atoms with van der Waals surface area (Å²) in [5, 5.41) is 7.97. The maximum atomic E-state index is 12.3. The summed E-state index contributed by atoms with van der Waals surface area (Å²) >= 11 is 0. The van der Waals surface area contributed by atoms with Gasteiger partial charge in [-0.3, -0.25) is 9.59 Å².